The second-order valence-electron chi connectivity index (χ2n) is 7.36. The third-order valence-corrected chi connectivity index (χ3v) is 5.73. The van der Waals surface area contributed by atoms with Crippen molar-refractivity contribution in [3.63, 3.8) is 0 Å². The summed E-state index contributed by atoms with van der Waals surface area (Å²) in [6.07, 6.45) is 2.86. The topological polar surface area (TPSA) is 23.8 Å². The number of aryl methyl sites for hydroxylation is 1. The average Bonchev–Trinajstić information content (AvgIpc) is 2.69. The second-order valence-corrected chi connectivity index (χ2v) is 7.36. The van der Waals surface area contributed by atoms with E-state index in [1.54, 1.807) is 6.07 Å². The van der Waals surface area contributed by atoms with E-state index in [9.17, 15) is 8.78 Å². The highest BCUT2D eigenvalue weighted by atomic mass is 19.1. The Balaban J connectivity index is 1.75. The average molecular weight is 361 g/mol. The quantitative estimate of drug-likeness (QED) is 0.498. The fraction of sp³-hybridized carbons (Fsp3) is 0.292. The molecule has 0 heterocycles. The molecular weight excluding hydrogens is 340 g/mol. The summed E-state index contributed by atoms with van der Waals surface area (Å²) in [6.45, 7) is 2.11. The van der Waals surface area contributed by atoms with Crippen molar-refractivity contribution >= 4 is 10.8 Å². The van der Waals surface area contributed by atoms with Crippen LogP contribution in [0.5, 0.6) is 0 Å². The highest BCUT2D eigenvalue weighted by Crippen LogP contribution is 2.42. The van der Waals surface area contributed by atoms with Crippen molar-refractivity contribution in [1.82, 2.24) is 0 Å². The predicted molar refractivity (Wildman–Crippen MR) is 105 cm³/mol. The molecule has 0 saturated carbocycles. The Labute approximate surface area is 158 Å². The number of benzene rings is 3. The molecule has 1 aliphatic carbocycles. The highest BCUT2D eigenvalue weighted by molar-refractivity contribution is 5.91. The second kappa shape index (κ2) is 7.12. The Morgan fingerprint density at radius 3 is 2.59 bits per heavy atom. The molecular formula is C24H21F2N. The summed E-state index contributed by atoms with van der Waals surface area (Å²) in [5.74, 6) is -0.386. The number of nitriles is 1. The molecule has 2 atom stereocenters. The van der Waals surface area contributed by atoms with Crippen LogP contribution in [-0.2, 0) is 6.42 Å². The van der Waals surface area contributed by atoms with Crippen LogP contribution in [0, 0.1) is 23.1 Å². The van der Waals surface area contributed by atoms with Gasteiger partial charge in [-0.3, -0.25) is 0 Å². The van der Waals surface area contributed by atoms with Crippen LogP contribution in [0.2, 0.25) is 0 Å². The lowest BCUT2D eigenvalue weighted by Crippen LogP contribution is -2.17. The number of halogens is 2. The van der Waals surface area contributed by atoms with Gasteiger partial charge in [-0.05, 0) is 76.4 Å². The third kappa shape index (κ3) is 3.10. The van der Waals surface area contributed by atoms with Gasteiger partial charge in [0.25, 0.3) is 0 Å². The number of hydrogen-bond donors (Lipinski definition) is 0. The first-order chi connectivity index (χ1) is 13.1. The van der Waals surface area contributed by atoms with Crippen LogP contribution in [0.15, 0.2) is 48.5 Å². The van der Waals surface area contributed by atoms with Crippen LogP contribution in [0.25, 0.3) is 21.9 Å². The van der Waals surface area contributed by atoms with E-state index in [1.807, 2.05) is 36.4 Å². The van der Waals surface area contributed by atoms with Crippen molar-refractivity contribution < 1.29 is 8.78 Å². The molecule has 0 amide bonds. The molecule has 3 aromatic rings. The molecule has 3 heteroatoms. The first kappa shape index (κ1) is 17.7. The van der Waals surface area contributed by atoms with Gasteiger partial charge < -0.3 is 0 Å². The molecule has 3 aromatic carbocycles. The zero-order valence-corrected chi connectivity index (χ0v) is 15.3. The lowest BCUT2D eigenvalue weighted by molar-refractivity contribution is 0.195. The van der Waals surface area contributed by atoms with Gasteiger partial charge in [-0.2, -0.15) is 5.26 Å². The zero-order chi connectivity index (χ0) is 19.0. The predicted octanol–water partition coefficient (Wildman–Crippen LogP) is 6.89. The van der Waals surface area contributed by atoms with Crippen LogP contribution >= 0.6 is 0 Å². The minimum absolute atomic E-state index is 0.0456. The van der Waals surface area contributed by atoms with Crippen molar-refractivity contribution in [3.8, 4) is 17.2 Å². The van der Waals surface area contributed by atoms with E-state index in [0.29, 0.717) is 0 Å². The Morgan fingerprint density at radius 2 is 1.85 bits per heavy atom. The van der Waals surface area contributed by atoms with E-state index < -0.39 is 12.0 Å². The molecule has 0 saturated heterocycles. The lowest BCUT2D eigenvalue weighted by Gasteiger charge is -2.29. The van der Waals surface area contributed by atoms with E-state index in [2.05, 4.69) is 6.92 Å². The largest absolute Gasteiger partial charge is 0.242 e. The van der Waals surface area contributed by atoms with Crippen molar-refractivity contribution in [2.45, 2.75) is 38.8 Å². The first-order valence-corrected chi connectivity index (χ1v) is 9.52. The minimum Gasteiger partial charge on any atom is -0.242 e. The number of alkyl halides is 1. The fourth-order valence-corrected chi connectivity index (χ4v) is 4.30. The van der Waals surface area contributed by atoms with Gasteiger partial charge in [-0.15, -0.1) is 0 Å². The molecule has 0 fully saturated rings. The van der Waals surface area contributed by atoms with Crippen molar-refractivity contribution in [2.24, 2.45) is 5.92 Å². The first-order valence-electron chi connectivity index (χ1n) is 9.52. The Bertz CT molecular complexity index is 1050. The number of hydrogen-bond acceptors (Lipinski definition) is 1. The highest BCUT2D eigenvalue weighted by Gasteiger charge is 2.29. The summed E-state index contributed by atoms with van der Waals surface area (Å²) >= 11 is 0. The van der Waals surface area contributed by atoms with Gasteiger partial charge in [0.15, 0.2) is 0 Å². The molecule has 0 radical (unpaired) electrons. The van der Waals surface area contributed by atoms with Gasteiger partial charge in [-0.25, -0.2) is 8.78 Å². The Morgan fingerprint density at radius 1 is 1.07 bits per heavy atom. The van der Waals surface area contributed by atoms with Gasteiger partial charge >= 0.3 is 0 Å². The third-order valence-electron chi connectivity index (χ3n) is 5.73. The molecule has 2 unspecified atom stereocenters. The van der Waals surface area contributed by atoms with Crippen LogP contribution in [0.4, 0.5) is 8.78 Å². The van der Waals surface area contributed by atoms with E-state index in [1.165, 1.54) is 12.1 Å². The molecule has 1 aliphatic rings. The van der Waals surface area contributed by atoms with Crippen LogP contribution in [0.1, 0.15) is 49.0 Å². The maximum Gasteiger partial charge on any atom is 0.141 e. The molecule has 1 nitrogen and oxygen atoms in total. The summed E-state index contributed by atoms with van der Waals surface area (Å²) in [4.78, 5) is 0. The van der Waals surface area contributed by atoms with Gasteiger partial charge in [0, 0.05) is 0 Å². The normalized spacial score (nSPS) is 18.9. The summed E-state index contributed by atoms with van der Waals surface area (Å²) < 4.78 is 28.9. The molecule has 136 valence electrons. The van der Waals surface area contributed by atoms with E-state index in [-0.39, 0.29) is 11.5 Å². The molecule has 0 aromatic heterocycles. The lowest BCUT2D eigenvalue weighted by atomic mass is 9.78. The SMILES string of the molecule is CCCC1CCc2c(ccc3cc(-c4ccc(C#N)c(F)c4)ccc23)C1F. The molecule has 27 heavy (non-hydrogen) atoms. The maximum absolute atomic E-state index is 14.9. The standard InChI is InChI=1S/C24H21F2N/c1-2-3-15-6-10-21-20-9-7-16(12-18(20)8-11-22(21)24(15)26)17-4-5-19(14-27)23(25)13-17/h4-5,7-9,11-13,15,24H,2-3,6,10H2,1H3. The smallest absolute Gasteiger partial charge is 0.141 e. The van der Waals surface area contributed by atoms with Crippen LogP contribution in [0.3, 0.4) is 0 Å². The number of fused-ring (bicyclic) bond motifs is 3. The van der Waals surface area contributed by atoms with E-state index in [4.69, 9.17) is 5.26 Å². The number of nitrogens with zero attached hydrogens (tertiary/aromatic N) is 1. The van der Waals surface area contributed by atoms with E-state index in [0.717, 1.165) is 58.7 Å². The van der Waals surface area contributed by atoms with Crippen molar-refractivity contribution in [2.75, 3.05) is 0 Å². The van der Waals surface area contributed by atoms with Gasteiger partial charge in [-0.1, -0.05) is 43.7 Å². The summed E-state index contributed by atoms with van der Waals surface area (Å²) in [6, 6.07) is 16.4. The zero-order valence-electron chi connectivity index (χ0n) is 15.3. The fourth-order valence-electron chi connectivity index (χ4n) is 4.30. The maximum atomic E-state index is 14.9. The van der Waals surface area contributed by atoms with Gasteiger partial charge in [0.1, 0.15) is 18.1 Å². The van der Waals surface area contributed by atoms with E-state index >= 15 is 0 Å². The molecule has 0 aliphatic heterocycles. The van der Waals surface area contributed by atoms with Crippen molar-refractivity contribution in [3.05, 3.63) is 71.0 Å². The summed E-state index contributed by atoms with van der Waals surface area (Å²) in [7, 11) is 0. The van der Waals surface area contributed by atoms with Gasteiger partial charge in [0.2, 0.25) is 0 Å². The molecule has 0 bridgehead atoms. The van der Waals surface area contributed by atoms with Crippen LogP contribution in [-0.4, -0.2) is 0 Å². The summed E-state index contributed by atoms with van der Waals surface area (Å²) in [5, 5.41) is 11.0. The minimum atomic E-state index is -0.884. The number of rotatable bonds is 3. The van der Waals surface area contributed by atoms with Gasteiger partial charge in [0.05, 0.1) is 5.56 Å². The molecule has 0 N–H and O–H groups in total. The van der Waals surface area contributed by atoms with Crippen molar-refractivity contribution in [1.29, 1.82) is 5.26 Å². The monoisotopic (exact) mass is 361 g/mol. The Hall–Kier alpha value is -2.73. The van der Waals surface area contributed by atoms with Crippen LogP contribution < -0.4 is 0 Å². The Kier molecular flexibility index (Phi) is 4.66. The molecule has 4 rings (SSSR count). The molecule has 0 spiro atoms. The summed E-state index contributed by atoms with van der Waals surface area (Å²) in [5.41, 5.74) is 3.62.